The lowest BCUT2D eigenvalue weighted by Crippen LogP contribution is -2.45. The lowest BCUT2D eigenvalue weighted by atomic mass is 10.0. The maximum Gasteiger partial charge on any atom is 0.188 e. The second-order valence-electron chi connectivity index (χ2n) is 5.67. The number of hydrogen-bond acceptors (Lipinski definition) is 3. The molecule has 0 spiro atoms. The van der Waals surface area contributed by atoms with Crippen LogP contribution in [0.5, 0.6) is 0 Å². The van der Waals surface area contributed by atoms with E-state index in [1.807, 2.05) is 39.0 Å². The largest absolute Gasteiger partial charge is 0.396 e. The predicted molar refractivity (Wildman–Crippen MR) is 77.9 cm³/mol. The van der Waals surface area contributed by atoms with E-state index in [2.05, 4.69) is 15.3 Å². The van der Waals surface area contributed by atoms with Crippen molar-refractivity contribution in [1.29, 1.82) is 0 Å². The first-order chi connectivity index (χ1) is 8.90. The molecule has 1 atom stereocenters. The number of hydrogen-bond donors (Lipinski definition) is 3. The van der Waals surface area contributed by atoms with Crippen molar-refractivity contribution in [3.05, 3.63) is 30.1 Å². The van der Waals surface area contributed by atoms with E-state index in [9.17, 15) is 5.11 Å². The molecule has 0 bridgehead atoms. The van der Waals surface area contributed by atoms with Crippen molar-refractivity contribution in [2.45, 2.75) is 32.7 Å². The van der Waals surface area contributed by atoms with E-state index < -0.39 is 0 Å². The molecular weight excluding hydrogens is 240 g/mol. The Morgan fingerprint density at radius 2 is 2.21 bits per heavy atom. The van der Waals surface area contributed by atoms with Crippen molar-refractivity contribution in [1.82, 2.24) is 10.3 Å². The molecular formula is C14H24N4O. The van der Waals surface area contributed by atoms with Crippen LogP contribution in [0.3, 0.4) is 0 Å². The summed E-state index contributed by atoms with van der Waals surface area (Å²) < 4.78 is 0. The highest BCUT2D eigenvalue weighted by atomic mass is 16.3. The number of rotatable bonds is 5. The van der Waals surface area contributed by atoms with Gasteiger partial charge in [-0.25, -0.2) is 0 Å². The van der Waals surface area contributed by atoms with Gasteiger partial charge in [0.2, 0.25) is 0 Å². The lowest BCUT2D eigenvalue weighted by molar-refractivity contribution is 0.229. The molecule has 1 heterocycles. The smallest absolute Gasteiger partial charge is 0.188 e. The van der Waals surface area contributed by atoms with E-state index in [0.29, 0.717) is 18.9 Å². The van der Waals surface area contributed by atoms with Gasteiger partial charge in [0.1, 0.15) is 0 Å². The number of nitrogens with zero attached hydrogens (tertiary/aromatic N) is 2. The first-order valence-corrected chi connectivity index (χ1v) is 6.49. The van der Waals surface area contributed by atoms with Crippen LogP contribution in [-0.4, -0.2) is 34.7 Å². The molecule has 0 radical (unpaired) electrons. The van der Waals surface area contributed by atoms with Crippen LogP contribution in [0.1, 0.15) is 26.5 Å². The molecule has 0 saturated carbocycles. The fourth-order valence-corrected chi connectivity index (χ4v) is 1.65. The molecule has 19 heavy (non-hydrogen) atoms. The van der Waals surface area contributed by atoms with Gasteiger partial charge in [-0.2, -0.15) is 0 Å². The summed E-state index contributed by atoms with van der Waals surface area (Å²) in [5, 5.41) is 12.5. The van der Waals surface area contributed by atoms with Crippen LogP contribution in [0.25, 0.3) is 0 Å². The molecule has 4 N–H and O–H groups in total. The second kappa shape index (κ2) is 7.09. The maximum absolute atomic E-state index is 9.37. The summed E-state index contributed by atoms with van der Waals surface area (Å²) in [6.07, 6.45) is 2.45. The minimum Gasteiger partial charge on any atom is -0.396 e. The van der Waals surface area contributed by atoms with Crippen molar-refractivity contribution in [3.8, 4) is 0 Å². The number of nitrogens with two attached hydrogens (primary N) is 1. The van der Waals surface area contributed by atoms with Crippen LogP contribution in [0.2, 0.25) is 0 Å². The summed E-state index contributed by atoms with van der Waals surface area (Å²) in [7, 11) is 0. The Hall–Kier alpha value is -1.62. The van der Waals surface area contributed by atoms with Gasteiger partial charge in [0.15, 0.2) is 5.96 Å². The molecule has 0 aromatic carbocycles. The van der Waals surface area contributed by atoms with Crippen LogP contribution in [0.15, 0.2) is 29.4 Å². The molecule has 0 saturated heterocycles. The van der Waals surface area contributed by atoms with Crippen LogP contribution in [0.4, 0.5) is 0 Å². The fraction of sp³-hybridized carbons (Fsp3) is 0.571. The Kier molecular flexibility index (Phi) is 5.76. The Morgan fingerprint density at radius 1 is 1.47 bits per heavy atom. The normalized spacial score (nSPS) is 14.2. The summed E-state index contributed by atoms with van der Waals surface area (Å²) in [5.74, 6) is 0.446. The highest BCUT2D eigenvalue weighted by Crippen LogP contribution is 2.06. The van der Waals surface area contributed by atoms with Crippen LogP contribution < -0.4 is 11.1 Å². The van der Waals surface area contributed by atoms with Gasteiger partial charge < -0.3 is 16.2 Å². The summed E-state index contributed by atoms with van der Waals surface area (Å²) >= 11 is 0. The average molecular weight is 264 g/mol. The monoisotopic (exact) mass is 264 g/mol. The quantitative estimate of drug-likeness (QED) is 0.546. The molecule has 0 aliphatic heterocycles. The zero-order valence-corrected chi connectivity index (χ0v) is 11.9. The van der Waals surface area contributed by atoms with E-state index in [1.54, 1.807) is 6.20 Å². The van der Waals surface area contributed by atoms with Crippen LogP contribution in [-0.2, 0) is 6.42 Å². The molecule has 0 aliphatic carbocycles. The number of aliphatic imine (C=N–C) groups is 1. The van der Waals surface area contributed by atoms with E-state index in [-0.39, 0.29) is 18.1 Å². The second-order valence-corrected chi connectivity index (χ2v) is 5.67. The molecule has 5 nitrogen and oxygen atoms in total. The van der Waals surface area contributed by atoms with E-state index in [0.717, 1.165) is 5.69 Å². The lowest BCUT2D eigenvalue weighted by Gasteiger charge is -2.21. The summed E-state index contributed by atoms with van der Waals surface area (Å²) in [5.41, 5.74) is 6.65. The van der Waals surface area contributed by atoms with E-state index in [1.165, 1.54) is 0 Å². The number of aliphatic hydroxyl groups is 1. The molecule has 1 unspecified atom stereocenters. The van der Waals surface area contributed by atoms with Crippen molar-refractivity contribution in [3.63, 3.8) is 0 Å². The number of aromatic nitrogens is 1. The van der Waals surface area contributed by atoms with Crippen molar-refractivity contribution < 1.29 is 5.11 Å². The van der Waals surface area contributed by atoms with Gasteiger partial charge >= 0.3 is 0 Å². The van der Waals surface area contributed by atoms with Gasteiger partial charge in [-0.1, -0.05) is 6.07 Å². The Morgan fingerprint density at radius 3 is 2.74 bits per heavy atom. The van der Waals surface area contributed by atoms with Gasteiger partial charge in [-0.15, -0.1) is 0 Å². The third kappa shape index (κ3) is 6.76. The van der Waals surface area contributed by atoms with Gasteiger partial charge in [0.25, 0.3) is 0 Å². The Labute approximate surface area is 115 Å². The highest BCUT2D eigenvalue weighted by Gasteiger charge is 2.12. The molecule has 1 aromatic heterocycles. The minimum absolute atomic E-state index is 0.0372. The minimum atomic E-state index is -0.108. The van der Waals surface area contributed by atoms with E-state index in [4.69, 9.17) is 5.73 Å². The molecule has 0 amide bonds. The van der Waals surface area contributed by atoms with Crippen molar-refractivity contribution >= 4 is 5.96 Å². The van der Waals surface area contributed by atoms with Gasteiger partial charge in [0.05, 0.1) is 0 Å². The van der Waals surface area contributed by atoms with Crippen molar-refractivity contribution in [2.24, 2.45) is 16.6 Å². The first kappa shape index (κ1) is 15.4. The Bertz CT molecular complexity index is 398. The topological polar surface area (TPSA) is 83.5 Å². The molecule has 5 heteroatoms. The van der Waals surface area contributed by atoms with Gasteiger partial charge in [-0.05, 0) is 39.3 Å². The van der Waals surface area contributed by atoms with Gasteiger partial charge in [-0.3, -0.25) is 9.98 Å². The summed E-state index contributed by atoms with van der Waals surface area (Å²) in [6, 6.07) is 5.76. The highest BCUT2D eigenvalue weighted by molar-refractivity contribution is 5.78. The molecule has 0 fully saturated rings. The average Bonchev–Trinajstić information content (AvgIpc) is 2.33. The number of pyridine rings is 1. The molecule has 106 valence electrons. The van der Waals surface area contributed by atoms with Crippen molar-refractivity contribution in [2.75, 3.05) is 13.2 Å². The summed E-state index contributed by atoms with van der Waals surface area (Å²) in [4.78, 5) is 8.52. The third-order valence-electron chi connectivity index (χ3n) is 2.51. The maximum atomic E-state index is 9.37. The standard InChI is InChI=1S/C14H24N4O/c1-14(2,3)18-13(15)17-9-11(10-19)8-12-6-4-5-7-16-12/h4-7,11,19H,8-10H2,1-3H3,(H3,15,17,18). The van der Waals surface area contributed by atoms with Crippen LogP contribution >= 0.6 is 0 Å². The summed E-state index contributed by atoms with van der Waals surface area (Å²) in [6.45, 7) is 6.62. The zero-order valence-electron chi connectivity index (χ0n) is 11.9. The Balaban J connectivity index is 2.51. The fourth-order valence-electron chi connectivity index (χ4n) is 1.65. The van der Waals surface area contributed by atoms with Crippen LogP contribution in [0, 0.1) is 5.92 Å². The SMILES string of the molecule is CC(C)(C)NC(N)=NCC(CO)Cc1ccccn1. The number of aliphatic hydroxyl groups excluding tert-OH is 1. The third-order valence-corrected chi connectivity index (χ3v) is 2.51. The number of nitrogens with one attached hydrogen (secondary N) is 1. The van der Waals surface area contributed by atoms with E-state index >= 15 is 0 Å². The van der Waals surface area contributed by atoms with Gasteiger partial charge in [0, 0.05) is 36.5 Å². The molecule has 0 aliphatic rings. The zero-order chi connectivity index (χ0) is 14.3. The predicted octanol–water partition coefficient (Wildman–Crippen LogP) is 0.935. The number of guanidine groups is 1. The molecule has 1 aromatic rings. The first-order valence-electron chi connectivity index (χ1n) is 6.49. The molecule has 1 rings (SSSR count).